The van der Waals surface area contributed by atoms with Crippen LogP contribution in [0.1, 0.15) is 18.9 Å². The summed E-state index contributed by atoms with van der Waals surface area (Å²) in [5.41, 5.74) is 7.01. The van der Waals surface area contributed by atoms with Crippen LogP contribution in [-0.2, 0) is 16.0 Å². The van der Waals surface area contributed by atoms with E-state index in [4.69, 9.17) is 15.2 Å². The zero-order valence-corrected chi connectivity index (χ0v) is 12.9. The average Bonchev–Trinajstić information content (AvgIpc) is 2.47. The van der Waals surface area contributed by atoms with Gasteiger partial charge in [-0.25, -0.2) is 0 Å². The van der Waals surface area contributed by atoms with Crippen molar-refractivity contribution >= 4 is 17.7 Å². The van der Waals surface area contributed by atoms with Crippen LogP contribution >= 0.6 is 11.8 Å². The molecule has 112 valence electrons. The van der Waals surface area contributed by atoms with Gasteiger partial charge in [0.05, 0.1) is 13.7 Å². The second-order valence-electron chi connectivity index (χ2n) is 4.36. The second kappa shape index (κ2) is 9.66. The molecule has 5 heteroatoms. The Hall–Kier alpha value is -1.20. The Morgan fingerprint density at radius 1 is 1.30 bits per heavy atom. The van der Waals surface area contributed by atoms with E-state index in [-0.39, 0.29) is 5.97 Å². The molecule has 0 saturated heterocycles. The summed E-state index contributed by atoms with van der Waals surface area (Å²) in [5.74, 6) is 2.46. The number of benzene rings is 1. The Labute approximate surface area is 125 Å². The number of thioether (sulfide) groups is 1. The van der Waals surface area contributed by atoms with Gasteiger partial charge in [0.2, 0.25) is 0 Å². The van der Waals surface area contributed by atoms with Crippen molar-refractivity contribution in [3.05, 3.63) is 29.8 Å². The molecular weight excluding hydrogens is 274 g/mol. The smallest absolute Gasteiger partial charge is 0.322 e. The lowest BCUT2D eigenvalue weighted by Gasteiger charge is -2.10. The predicted molar refractivity (Wildman–Crippen MR) is 83.2 cm³/mol. The van der Waals surface area contributed by atoms with Gasteiger partial charge in [-0.2, -0.15) is 11.8 Å². The summed E-state index contributed by atoms with van der Waals surface area (Å²) in [6, 6.07) is 7.59. The maximum Gasteiger partial charge on any atom is 0.322 e. The molecule has 0 aliphatic heterocycles. The van der Waals surface area contributed by atoms with Gasteiger partial charge in [-0.15, -0.1) is 0 Å². The lowest BCUT2D eigenvalue weighted by Crippen LogP contribution is -2.32. The van der Waals surface area contributed by atoms with E-state index in [2.05, 4.69) is 12.1 Å². The summed E-state index contributed by atoms with van der Waals surface area (Å²) in [5, 5.41) is 0. The molecule has 1 atom stereocenters. The van der Waals surface area contributed by atoms with Crippen LogP contribution in [0.4, 0.5) is 0 Å². The molecule has 0 heterocycles. The molecular formula is C15H23NO3S. The van der Waals surface area contributed by atoms with E-state index >= 15 is 0 Å². The van der Waals surface area contributed by atoms with Crippen molar-refractivity contribution in [3.63, 3.8) is 0 Å². The van der Waals surface area contributed by atoms with Crippen LogP contribution in [0.3, 0.4) is 0 Å². The minimum atomic E-state index is -0.497. The highest BCUT2D eigenvalue weighted by atomic mass is 32.2. The number of carbonyl (C=O) groups is 1. The Bertz CT molecular complexity index is 395. The fraction of sp³-hybridized carbons (Fsp3) is 0.533. The highest BCUT2D eigenvalue weighted by Gasteiger charge is 2.13. The molecule has 1 unspecified atom stereocenters. The summed E-state index contributed by atoms with van der Waals surface area (Å²) in [7, 11) is 1.66. The SMILES string of the molecule is CCOC(=O)C(N)CCSCCc1ccc(OC)cc1. The van der Waals surface area contributed by atoms with E-state index in [9.17, 15) is 4.79 Å². The maximum absolute atomic E-state index is 11.3. The molecule has 0 bridgehead atoms. The van der Waals surface area contributed by atoms with Crippen LogP contribution in [0, 0.1) is 0 Å². The third-order valence-corrected chi connectivity index (χ3v) is 3.87. The van der Waals surface area contributed by atoms with Crippen molar-refractivity contribution in [3.8, 4) is 5.75 Å². The van der Waals surface area contributed by atoms with Gasteiger partial charge in [0, 0.05) is 0 Å². The summed E-state index contributed by atoms with van der Waals surface area (Å²) in [4.78, 5) is 11.3. The summed E-state index contributed by atoms with van der Waals surface area (Å²) in [6.45, 7) is 2.17. The van der Waals surface area contributed by atoms with E-state index in [1.807, 2.05) is 12.1 Å². The first-order valence-corrected chi connectivity index (χ1v) is 7.95. The molecule has 1 rings (SSSR count). The molecule has 4 nitrogen and oxygen atoms in total. The van der Waals surface area contributed by atoms with E-state index in [0.717, 1.165) is 23.7 Å². The number of nitrogens with two attached hydrogens (primary N) is 1. The zero-order chi connectivity index (χ0) is 14.8. The van der Waals surface area contributed by atoms with Crippen LogP contribution in [0.25, 0.3) is 0 Å². The number of esters is 1. The normalized spacial score (nSPS) is 11.9. The quantitative estimate of drug-likeness (QED) is 0.559. The average molecular weight is 297 g/mol. The summed E-state index contributed by atoms with van der Waals surface area (Å²) >= 11 is 1.80. The summed E-state index contributed by atoms with van der Waals surface area (Å²) < 4.78 is 9.98. The number of carbonyl (C=O) groups excluding carboxylic acids is 1. The fourth-order valence-corrected chi connectivity index (χ4v) is 2.67. The number of hydrogen-bond acceptors (Lipinski definition) is 5. The predicted octanol–water partition coefficient (Wildman–Crippen LogP) is 2.25. The topological polar surface area (TPSA) is 61.5 Å². The van der Waals surface area contributed by atoms with Crippen LogP contribution < -0.4 is 10.5 Å². The van der Waals surface area contributed by atoms with Crippen LogP contribution in [-0.4, -0.2) is 37.2 Å². The number of aryl methyl sites for hydroxylation is 1. The second-order valence-corrected chi connectivity index (χ2v) is 5.58. The standard InChI is InChI=1S/C15H23NO3S/c1-3-19-15(17)14(16)9-11-20-10-8-12-4-6-13(18-2)7-5-12/h4-7,14H,3,8-11,16H2,1-2H3. The van der Waals surface area contributed by atoms with Gasteiger partial charge >= 0.3 is 5.97 Å². The third kappa shape index (κ3) is 6.30. The van der Waals surface area contributed by atoms with Crippen molar-refractivity contribution in [2.24, 2.45) is 5.73 Å². The molecule has 0 aromatic heterocycles. The first-order chi connectivity index (χ1) is 9.67. The van der Waals surface area contributed by atoms with Crippen molar-refractivity contribution in [1.29, 1.82) is 0 Å². The highest BCUT2D eigenvalue weighted by molar-refractivity contribution is 7.99. The van der Waals surface area contributed by atoms with Crippen LogP contribution in [0.5, 0.6) is 5.75 Å². The number of ether oxygens (including phenoxy) is 2. The number of hydrogen-bond donors (Lipinski definition) is 1. The highest BCUT2D eigenvalue weighted by Crippen LogP contribution is 2.14. The lowest BCUT2D eigenvalue weighted by molar-refractivity contribution is -0.144. The molecule has 0 aliphatic carbocycles. The van der Waals surface area contributed by atoms with Gasteiger partial charge < -0.3 is 15.2 Å². The molecule has 0 aliphatic rings. The molecule has 0 radical (unpaired) electrons. The minimum absolute atomic E-state index is 0.303. The van der Waals surface area contributed by atoms with Gasteiger partial charge in [-0.05, 0) is 49.0 Å². The monoisotopic (exact) mass is 297 g/mol. The van der Waals surface area contributed by atoms with Crippen molar-refractivity contribution in [2.75, 3.05) is 25.2 Å². The summed E-state index contributed by atoms with van der Waals surface area (Å²) in [6.07, 6.45) is 1.66. The van der Waals surface area contributed by atoms with Gasteiger partial charge in [0.1, 0.15) is 11.8 Å². The lowest BCUT2D eigenvalue weighted by atomic mass is 10.2. The van der Waals surface area contributed by atoms with Crippen molar-refractivity contribution in [1.82, 2.24) is 0 Å². The van der Waals surface area contributed by atoms with Crippen molar-refractivity contribution < 1.29 is 14.3 Å². The first-order valence-electron chi connectivity index (χ1n) is 6.80. The zero-order valence-electron chi connectivity index (χ0n) is 12.1. The number of rotatable bonds is 9. The Balaban J connectivity index is 2.13. The van der Waals surface area contributed by atoms with Gasteiger partial charge in [0.15, 0.2) is 0 Å². The van der Waals surface area contributed by atoms with Crippen LogP contribution in [0.2, 0.25) is 0 Å². The molecule has 0 fully saturated rings. The molecule has 0 spiro atoms. The van der Waals surface area contributed by atoms with E-state index in [1.165, 1.54) is 5.56 Å². The maximum atomic E-state index is 11.3. The molecule has 1 aromatic rings. The minimum Gasteiger partial charge on any atom is -0.497 e. The Morgan fingerprint density at radius 3 is 2.60 bits per heavy atom. The van der Waals surface area contributed by atoms with Crippen molar-refractivity contribution in [2.45, 2.75) is 25.8 Å². The first kappa shape index (κ1) is 16.9. The van der Waals surface area contributed by atoms with Gasteiger partial charge in [-0.3, -0.25) is 4.79 Å². The fourth-order valence-electron chi connectivity index (χ4n) is 1.66. The largest absolute Gasteiger partial charge is 0.497 e. The van der Waals surface area contributed by atoms with E-state index < -0.39 is 6.04 Å². The Morgan fingerprint density at radius 2 is 2.00 bits per heavy atom. The van der Waals surface area contributed by atoms with E-state index in [0.29, 0.717) is 13.0 Å². The molecule has 1 aromatic carbocycles. The molecule has 0 amide bonds. The third-order valence-electron chi connectivity index (χ3n) is 2.86. The van der Waals surface area contributed by atoms with Gasteiger partial charge in [0.25, 0.3) is 0 Å². The van der Waals surface area contributed by atoms with Crippen LogP contribution in [0.15, 0.2) is 24.3 Å². The molecule has 20 heavy (non-hydrogen) atoms. The van der Waals surface area contributed by atoms with E-state index in [1.54, 1.807) is 25.8 Å². The molecule has 2 N–H and O–H groups in total. The molecule has 0 saturated carbocycles. The Kier molecular flexibility index (Phi) is 8.14. The number of methoxy groups -OCH3 is 1. The van der Waals surface area contributed by atoms with Gasteiger partial charge in [-0.1, -0.05) is 12.1 Å².